The maximum atomic E-state index is 5.40. The van der Waals surface area contributed by atoms with Gasteiger partial charge in [-0.05, 0) is 23.8 Å². The minimum Gasteiger partial charge on any atom is -0.493 e. The summed E-state index contributed by atoms with van der Waals surface area (Å²) in [5, 5.41) is 0. The molecule has 1 aromatic heterocycles. The maximum Gasteiger partial charge on any atom is 0.203 e. The number of rotatable bonds is 4. The zero-order valence-electron chi connectivity index (χ0n) is 12.1. The van der Waals surface area contributed by atoms with Crippen molar-refractivity contribution in [2.45, 2.75) is 0 Å². The molecule has 0 unspecified atom stereocenters. The van der Waals surface area contributed by atoms with Gasteiger partial charge < -0.3 is 19.2 Å². The van der Waals surface area contributed by atoms with Crippen LogP contribution in [-0.2, 0) is 0 Å². The van der Waals surface area contributed by atoms with Crippen LogP contribution in [0.3, 0.4) is 0 Å². The molecule has 1 heterocycles. The van der Waals surface area contributed by atoms with Crippen molar-refractivity contribution < 1.29 is 14.2 Å². The van der Waals surface area contributed by atoms with E-state index in [0.717, 1.165) is 22.2 Å². The molecule has 0 fully saturated rings. The van der Waals surface area contributed by atoms with Crippen LogP contribution in [0.25, 0.3) is 22.2 Å². The lowest BCUT2D eigenvalue weighted by molar-refractivity contribution is 0.324. The molecule has 0 saturated carbocycles. The number of ether oxygens (including phenoxy) is 3. The Morgan fingerprint density at radius 1 is 0.952 bits per heavy atom. The predicted octanol–water partition coefficient (Wildman–Crippen LogP) is 3.26. The van der Waals surface area contributed by atoms with E-state index in [1.54, 1.807) is 27.7 Å². The molecule has 3 aromatic rings. The van der Waals surface area contributed by atoms with E-state index in [9.17, 15) is 0 Å². The van der Waals surface area contributed by atoms with Gasteiger partial charge in [0.25, 0.3) is 0 Å². The van der Waals surface area contributed by atoms with E-state index >= 15 is 0 Å². The molecule has 0 aliphatic carbocycles. The van der Waals surface area contributed by atoms with E-state index in [2.05, 4.69) is 9.97 Å². The first kappa shape index (κ1) is 13.3. The highest BCUT2D eigenvalue weighted by Crippen LogP contribution is 2.42. The average Bonchev–Trinajstić information content (AvgIpc) is 3.01. The third kappa shape index (κ3) is 2.16. The van der Waals surface area contributed by atoms with Gasteiger partial charge in [0, 0.05) is 5.56 Å². The fraction of sp³-hybridized carbons (Fsp3) is 0.188. The predicted molar refractivity (Wildman–Crippen MR) is 81.2 cm³/mol. The summed E-state index contributed by atoms with van der Waals surface area (Å²) in [4.78, 5) is 7.49. The van der Waals surface area contributed by atoms with E-state index in [1.807, 2.05) is 30.3 Å². The SMILES string of the molecule is COc1cc(-c2cccc3[nH]cnc23)cc(OC)c1OC. The number of aromatic amines is 1. The molecule has 2 aromatic carbocycles. The highest BCUT2D eigenvalue weighted by atomic mass is 16.5. The second-order valence-corrected chi connectivity index (χ2v) is 4.52. The number of para-hydroxylation sites is 1. The molecule has 0 radical (unpaired) electrons. The van der Waals surface area contributed by atoms with E-state index in [0.29, 0.717) is 17.2 Å². The number of nitrogens with zero attached hydrogens (tertiary/aromatic N) is 1. The lowest BCUT2D eigenvalue weighted by Crippen LogP contribution is -1.95. The molecule has 3 rings (SSSR count). The molecule has 0 atom stereocenters. The molecule has 5 heteroatoms. The summed E-state index contributed by atoms with van der Waals surface area (Å²) >= 11 is 0. The zero-order valence-corrected chi connectivity index (χ0v) is 12.1. The van der Waals surface area contributed by atoms with Crippen LogP contribution in [0.1, 0.15) is 0 Å². The van der Waals surface area contributed by atoms with E-state index in [-0.39, 0.29) is 0 Å². The summed E-state index contributed by atoms with van der Waals surface area (Å²) in [5.41, 5.74) is 3.86. The third-order valence-electron chi connectivity index (χ3n) is 3.43. The fourth-order valence-corrected chi connectivity index (χ4v) is 2.43. The number of aromatic nitrogens is 2. The summed E-state index contributed by atoms with van der Waals surface area (Å²) in [6, 6.07) is 9.84. The summed E-state index contributed by atoms with van der Waals surface area (Å²) < 4.78 is 16.2. The Morgan fingerprint density at radius 2 is 1.67 bits per heavy atom. The van der Waals surface area contributed by atoms with Gasteiger partial charge in [-0.3, -0.25) is 0 Å². The van der Waals surface area contributed by atoms with Gasteiger partial charge in [-0.15, -0.1) is 0 Å². The van der Waals surface area contributed by atoms with Gasteiger partial charge in [-0.25, -0.2) is 4.98 Å². The first-order chi connectivity index (χ1) is 10.3. The van der Waals surface area contributed by atoms with Gasteiger partial charge in [0.2, 0.25) is 5.75 Å². The summed E-state index contributed by atoms with van der Waals surface area (Å²) in [7, 11) is 4.81. The molecule has 0 aliphatic heterocycles. The maximum absolute atomic E-state index is 5.40. The van der Waals surface area contributed by atoms with Crippen LogP contribution in [0.2, 0.25) is 0 Å². The molecular formula is C16H16N2O3. The van der Waals surface area contributed by atoms with E-state index in [1.165, 1.54) is 0 Å². The van der Waals surface area contributed by atoms with Crippen molar-refractivity contribution in [1.29, 1.82) is 0 Å². The third-order valence-corrected chi connectivity index (χ3v) is 3.43. The second-order valence-electron chi connectivity index (χ2n) is 4.52. The highest BCUT2D eigenvalue weighted by molar-refractivity contribution is 5.92. The standard InChI is InChI=1S/C16H16N2O3/c1-19-13-7-10(8-14(20-2)16(13)21-3)11-5-4-6-12-15(11)18-9-17-12/h4-9H,1-3H3,(H,17,18). The Bertz CT molecular complexity index is 755. The zero-order chi connectivity index (χ0) is 14.8. The average molecular weight is 284 g/mol. The van der Waals surface area contributed by atoms with Crippen molar-refractivity contribution in [3.8, 4) is 28.4 Å². The van der Waals surface area contributed by atoms with Crippen LogP contribution in [-0.4, -0.2) is 31.3 Å². The summed E-state index contributed by atoms with van der Waals surface area (Å²) in [5.74, 6) is 1.83. The molecular weight excluding hydrogens is 268 g/mol. The normalized spacial score (nSPS) is 10.6. The number of benzene rings is 2. The molecule has 0 spiro atoms. The Labute approximate surface area is 122 Å². The van der Waals surface area contributed by atoms with Gasteiger partial charge in [-0.2, -0.15) is 0 Å². The van der Waals surface area contributed by atoms with Gasteiger partial charge in [0.05, 0.1) is 38.7 Å². The van der Waals surface area contributed by atoms with Crippen molar-refractivity contribution >= 4 is 11.0 Å². The van der Waals surface area contributed by atoms with Crippen molar-refractivity contribution in [3.05, 3.63) is 36.7 Å². The quantitative estimate of drug-likeness (QED) is 0.799. The number of methoxy groups -OCH3 is 3. The van der Waals surface area contributed by atoms with E-state index in [4.69, 9.17) is 14.2 Å². The minimum atomic E-state index is 0.581. The Morgan fingerprint density at radius 3 is 2.29 bits per heavy atom. The van der Waals surface area contributed by atoms with Crippen molar-refractivity contribution in [1.82, 2.24) is 9.97 Å². The molecule has 5 nitrogen and oxygen atoms in total. The lowest BCUT2D eigenvalue weighted by atomic mass is 10.0. The van der Waals surface area contributed by atoms with Crippen molar-refractivity contribution in [2.24, 2.45) is 0 Å². The van der Waals surface area contributed by atoms with Gasteiger partial charge in [-0.1, -0.05) is 12.1 Å². The van der Waals surface area contributed by atoms with Crippen molar-refractivity contribution in [3.63, 3.8) is 0 Å². The monoisotopic (exact) mass is 284 g/mol. The molecule has 0 saturated heterocycles. The second kappa shape index (κ2) is 5.36. The van der Waals surface area contributed by atoms with Crippen LogP contribution in [0, 0.1) is 0 Å². The van der Waals surface area contributed by atoms with Crippen LogP contribution >= 0.6 is 0 Å². The van der Waals surface area contributed by atoms with E-state index < -0.39 is 0 Å². The molecule has 0 aliphatic rings. The van der Waals surface area contributed by atoms with Gasteiger partial charge in [0.15, 0.2) is 11.5 Å². The number of fused-ring (bicyclic) bond motifs is 1. The molecule has 0 amide bonds. The molecule has 108 valence electrons. The Kier molecular flexibility index (Phi) is 3.39. The van der Waals surface area contributed by atoms with Gasteiger partial charge >= 0.3 is 0 Å². The van der Waals surface area contributed by atoms with Gasteiger partial charge in [0.1, 0.15) is 0 Å². The number of hydrogen-bond acceptors (Lipinski definition) is 4. The minimum absolute atomic E-state index is 0.581. The first-order valence-corrected chi connectivity index (χ1v) is 6.51. The van der Waals surface area contributed by atoms with Crippen LogP contribution in [0.15, 0.2) is 36.7 Å². The van der Waals surface area contributed by atoms with Crippen LogP contribution in [0.5, 0.6) is 17.2 Å². The largest absolute Gasteiger partial charge is 0.493 e. The first-order valence-electron chi connectivity index (χ1n) is 6.51. The molecule has 1 N–H and O–H groups in total. The lowest BCUT2D eigenvalue weighted by Gasteiger charge is -2.14. The number of hydrogen-bond donors (Lipinski definition) is 1. The topological polar surface area (TPSA) is 56.4 Å². The van der Waals surface area contributed by atoms with Crippen LogP contribution < -0.4 is 14.2 Å². The summed E-state index contributed by atoms with van der Waals surface area (Å²) in [6.45, 7) is 0. The summed E-state index contributed by atoms with van der Waals surface area (Å²) in [6.07, 6.45) is 1.69. The molecule has 21 heavy (non-hydrogen) atoms. The smallest absolute Gasteiger partial charge is 0.203 e. The number of H-pyrrole nitrogens is 1. The van der Waals surface area contributed by atoms with Crippen LogP contribution in [0.4, 0.5) is 0 Å². The highest BCUT2D eigenvalue weighted by Gasteiger charge is 2.15. The molecule has 0 bridgehead atoms. The Balaban J connectivity index is 2.25. The van der Waals surface area contributed by atoms with Crippen molar-refractivity contribution in [2.75, 3.05) is 21.3 Å². The fourth-order valence-electron chi connectivity index (χ4n) is 2.43. The Hall–Kier alpha value is -2.69. The number of imidazole rings is 1. The number of nitrogens with one attached hydrogen (secondary N) is 1.